The highest BCUT2D eigenvalue weighted by Gasteiger charge is 2.20. The van der Waals surface area contributed by atoms with E-state index in [2.05, 4.69) is 0 Å². The Morgan fingerprint density at radius 3 is 1.53 bits per heavy atom. The standard InChI is InChI=1S/C10H20Cl2O4S/c11-5-1-3-9(13)7-17(15,16)8-10(14)4-2-6-12/h9-10,13-14H,1-8H2. The average Bonchev–Trinajstić information content (AvgIpc) is 2.22. The van der Waals surface area contributed by atoms with Crippen LogP contribution >= 0.6 is 23.2 Å². The summed E-state index contributed by atoms with van der Waals surface area (Å²) in [6.45, 7) is 0. The summed E-state index contributed by atoms with van der Waals surface area (Å²) in [5.74, 6) is 0.161. The van der Waals surface area contributed by atoms with Crippen molar-refractivity contribution in [2.45, 2.75) is 37.9 Å². The average molecular weight is 307 g/mol. The first kappa shape index (κ1) is 17.4. The second kappa shape index (κ2) is 9.39. The van der Waals surface area contributed by atoms with E-state index < -0.39 is 22.0 Å². The second-order valence-corrected chi connectivity index (χ2v) is 6.96. The highest BCUT2D eigenvalue weighted by atomic mass is 35.5. The van der Waals surface area contributed by atoms with Crippen molar-refractivity contribution in [3.05, 3.63) is 0 Å². The van der Waals surface area contributed by atoms with Crippen LogP contribution in [-0.4, -0.2) is 54.1 Å². The molecular formula is C10H20Cl2O4S. The summed E-state index contributed by atoms with van der Waals surface area (Å²) in [7, 11) is -3.43. The molecule has 0 aliphatic heterocycles. The molecule has 4 nitrogen and oxygen atoms in total. The summed E-state index contributed by atoms with van der Waals surface area (Å²) in [5.41, 5.74) is 0. The number of hydrogen-bond donors (Lipinski definition) is 2. The molecule has 17 heavy (non-hydrogen) atoms. The monoisotopic (exact) mass is 306 g/mol. The van der Waals surface area contributed by atoms with Gasteiger partial charge in [0.05, 0.1) is 23.7 Å². The van der Waals surface area contributed by atoms with Crippen molar-refractivity contribution in [2.24, 2.45) is 0 Å². The lowest BCUT2D eigenvalue weighted by Crippen LogP contribution is -2.28. The van der Waals surface area contributed by atoms with Gasteiger partial charge in [0, 0.05) is 11.8 Å². The van der Waals surface area contributed by atoms with E-state index in [1.165, 1.54) is 0 Å². The molecule has 0 saturated carbocycles. The molecule has 0 aliphatic rings. The zero-order chi connectivity index (χ0) is 13.3. The van der Waals surface area contributed by atoms with Gasteiger partial charge < -0.3 is 10.2 Å². The van der Waals surface area contributed by atoms with E-state index in [0.717, 1.165) is 0 Å². The summed E-state index contributed by atoms with van der Waals surface area (Å²) in [6.07, 6.45) is 0.0686. The van der Waals surface area contributed by atoms with Gasteiger partial charge in [-0.1, -0.05) is 0 Å². The number of halogens is 2. The van der Waals surface area contributed by atoms with Crippen LogP contribution in [0, 0.1) is 0 Å². The second-order valence-electron chi connectivity index (χ2n) is 4.05. The summed E-state index contributed by atoms with van der Waals surface area (Å²) < 4.78 is 23.2. The van der Waals surface area contributed by atoms with E-state index in [-0.39, 0.29) is 11.5 Å². The lowest BCUT2D eigenvalue weighted by atomic mass is 10.2. The summed E-state index contributed by atoms with van der Waals surface area (Å²) >= 11 is 10.9. The summed E-state index contributed by atoms with van der Waals surface area (Å²) in [6, 6.07) is 0. The first-order chi connectivity index (χ1) is 7.91. The molecule has 0 bridgehead atoms. The van der Waals surface area contributed by atoms with Crippen LogP contribution in [0.2, 0.25) is 0 Å². The fourth-order valence-electron chi connectivity index (χ4n) is 1.45. The van der Waals surface area contributed by atoms with Crippen LogP contribution in [0.1, 0.15) is 25.7 Å². The minimum Gasteiger partial charge on any atom is -0.392 e. The van der Waals surface area contributed by atoms with Crippen LogP contribution in [0.3, 0.4) is 0 Å². The van der Waals surface area contributed by atoms with Gasteiger partial charge in [0.1, 0.15) is 0 Å². The van der Waals surface area contributed by atoms with Crippen molar-refractivity contribution < 1.29 is 18.6 Å². The SMILES string of the molecule is O=S(=O)(CC(O)CCCCl)CC(O)CCCCl. The smallest absolute Gasteiger partial charge is 0.155 e. The Balaban J connectivity index is 4.01. The molecule has 0 fully saturated rings. The third-order valence-corrected chi connectivity index (χ3v) is 4.55. The number of aliphatic hydroxyl groups is 2. The van der Waals surface area contributed by atoms with E-state index in [1.54, 1.807) is 0 Å². The molecule has 0 aromatic heterocycles. The molecule has 0 aromatic carbocycles. The Labute approximate surface area is 113 Å². The summed E-state index contributed by atoms with van der Waals surface area (Å²) in [4.78, 5) is 0. The molecular weight excluding hydrogens is 287 g/mol. The Morgan fingerprint density at radius 1 is 0.882 bits per heavy atom. The molecule has 104 valence electrons. The third-order valence-electron chi connectivity index (χ3n) is 2.23. The number of hydrogen-bond acceptors (Lipinski definition) is 4. The maximum atomic E-state index is 11.6. The normalized spacial score (nSPS) is 15.8. The van der Waals surface area contributed by atoms with Crippen molar-refractivity contribution in [3.63, 3.8) is 0 Å². The van der Waals surface area contributed by atoms with Gasteiger partial charge in [-0.05, 0) is 25.7 Å². The van der Waals surface area contributed by atoms with E-state index in [9.17, 15) is 18.6 Å². The fraction of sp³-hybridized carbons (Fsp3) is 1.00. The lowest BCUT2D eigenvalue weighted by Gasteiger charge is -2.13. The van der Waals surface area contributed by atoms with Crippen molar-refractivity contribution >= 4 is 33.0 Å². The lowest BCUT2D eigenvalue weighted by molar-refractivity contribution is 0.179. The minimum atomic E-state index is -3.43. The Morgan fingerprint density at radius 2 is 1.24 bits per heavy atom. The topological polar surface area (TPSA) is 74.6 Å². The number of sulfone groups is 1. The highest BCUT2D eigenvalue weighted by Crippen LogP contribution is 2.07. The van der Waals surface area contributed by atoms with Gasteiger partial charge in [0.15, 0.2) is 9.84 Å². The first-order valence-corrected chi connectivity index (χ1v) is 8.49. The molecule has 2 N–H and O–H groups in total. The van der Waals surface area contributed by atoms with Gasteiger partial charge >= 0.3 is 0 Å². The van der Waals surface area contributed by atoms with Crippen LogP contribution in [0.15, 0.2) is 0 Å². The number of aliphatic hydroxyl groups excluding tert-OH is 2. The predicted octanol–water partition coefficient (Wildman–Crippen LogP) is 1.16. The molecule has 0 amide bonds. The van der Waals surface area contributed by atoms with Crippen LogP contribution in [0.25, 0.3) is 0 Å². The highest BCUT2D eigenvalue weighted by molar-refractivity contribution is 7.91. The molecule has 2 unspecified atom stereocenters. The first-order valence-electron chi connectivity index (χ1n) is 5.59. The van der Waals surface area contributed by atoms with Crippen molar-refractivity contribution in [2.75, 3.05) is 23.3 Å². The van der Waals surface area contributed by atoms with Crippen LogP contribution in [0.4, 0.5) is 0 Å². The van der Waals surface area contributed by atoms with E-state index in [4.69, 9.17) is 23.2 Å². The molecule has 0 spiro atoms. The van der Waals surface area contributed by atoms with Crippen LogP contribution in [0.5, 0.6) is 0 Å². The largest absolute Gasteiger partial charge is 0.392 e. The van der Waals surface area contributed by atoms with Gasteiger partial charge in [-0.3, -0.25) is 0 Å². The van der Waals surface area contributed by atoms with Gasteiger partial charge in [-0.2, -0.15) is 0 Å². The Hall–Kier alpha value is 0.450. The van der Waals surface area contributed by atoms with Crippen molar-refractivity contribution in [1.29, 1.82) is 0 Å². The summed E-state index contributed by atoms with van der Waals surface area (Å²) in [5, 5.41) is 18.9. The van der Waals surface area contributed by atoms with Crippen molar-refractivity contribution in [3.8, 4) is 0 Å². The number of alkyl halides is 2. The molecule has 0 rings (SSSR count). The quantitative estimate of drug-likeness (QED) is 0.594. The van der Waals surface area contributed by atoms with Crippen LogP contribution in [-0.2, 0) is 9.84 Å². The van der Waals surface area contributed by atoms with E-state index >= 15 is 0 Å². The van der Waals surface area contributed by atoms with Crippen molar-refractivity contribution in [1.82, 2.24) is 0 Å². The molecule has 2 atom stereocenters. The Kier molecular flexibility index (Phi) is 9.64. The molecule has 0 aliphatic carbocycles. The zero-order valence-corrected chi connectivity index (χ0v) is 12.0. The molecule has 0 saturated heterocycles. The van der Waals surface area contributed by atoms with E-state index in [1.807, 2.05) is 0 Å². The van der Waals surface area contributed by atoms with Crippen LogP contribution < -0.4 is 0 Å². The fourth-order valence-corrected chi connectivity index (χ4v) is 3.40. The van der Waals surface area contributed by atoms with Gasteiger partial charge in [-0.25, -0.2) is 8.42 Å². The molecule has 0 aromatic rings. The molecule has 0 heterocycles. The zero-order valence-electron chi connectivity index (χ0n) is 9.69. The predicted molar refractivity (Wildman–Crippen MR) is 70.6 cm³/mol. The molecule has 7 heteroatoms. The maximum Gasteiger partial charge on any atom is 0.155 e. The van der Waals surface area contributed by atoms with Gasteiger partial charge in [0.25, 0.3) is 0 Å². The van der Waals surface area contributed by atoms with Gasteiger partial charge in [-0.15, -0.1) is 23.2 Å². The molecule has 0 radical (unpaired) electrons. The maximum absolute atomic E-state index is 11.6. The minimum absolute atomic E-state index is 0.318. The van der Waals surface area contributed by atoms with E-state index in [0.29, 0.717) is 37.4 Å². The van der Waals surface area contributed by atoms with Gasteiger partial charge in [0.2, 0.25) is 0 Å². The number of rotatable bonds is 10. The Bertz CT molecular complexity index is 260. The third kappa shape index (κ3) is 10.1.